The molecule has 1 aromatic heterocycles. The molecular weight excluding hydrogens is 176 g/mol. The van der Waals surface area contributed by atoms with E-state index < -0.39 is 0 Å². The van der Waals surface area contributed by atoms with Crippen LogP contribution < -0.4 is 5.63 Å². The van der Waals surface area contributed by atoms with Crippen molar-refractivity contribution in [1.82, 2.24) is 0 Å². The predicted octanol–water partition coefficient (Wildman–Crippen LogP) is 3.02. The first kappa shape index (κ1) is 10.8. The maximum absolute atomic E-state index is 11.4. The van der Waals surface area contributed by atoms with Gasteiger partial charge in [-0.05, 0) is 37.5 Å². The van der Waals surface area contributed by atoms with Crippen LogP contribution in [0.25, 0.3) is 5.57 Å². The van der Waals surface area contributed by atoms with Gasteiger partial charge in [0.2, 0.25) is 0 Å². The van der Waals surface area contributed by atoms with Crippen LogP contribution in [0.3, 0.4) is 0 Å². The van der Waals surface area contributed by atoms with E-state index >= 15 is 0 Å². The van der Waals surface area contributed by atoms with Crippen LogP contribution in [0.5, 0.6) is 0 Å². The van der Waals surface area contributed by atoms with Gasteiger partial charge in [0, 0.05) is 5.56 Å². The lowest BCUT2D eigenvalue weighted by molar-refractivity contribution is 0.489. The molecule has 14 heavy (non-hydrogen) atoms. The first-order valence-corrected chi connectivity index (χ1v) is 4.99. The van der Waals surface area contributed by atoms with Crippen LogP contribution in [0, 0.1) is 0 Å². The van der Waals surface area contributed by atoms with Crippen LogP contribution in [0.15, 0.2) is 27.4 Å². The average Bonchev–Trinajstić information content (AvgIpc) is 2.18. The largest absolute Gasteiger partial charge is 0.423 e. The van der Waals surface area contributed by atoms with Crippen molar-refractivity contribution in [1.29, 1.82) is 0 Å². The number of hydrogen-bond acceptors (Lipinski definition) is 2. The van der Waals surface area contributed by atoms with Crippen molar-refractivity contribution in [2.45, 2.75) is 33.6 Å². The number of allylic oxidation sites excluding steroid dienone is 2. The predicted molar refractivity (Wildman–Crippen MR) is 58.3 cm³/mol. The molecule has 0 fully saturated rings. The Labute approximate surface area is 84.3 Å². The summed E-state index contributed by atoms with van der Waals surface area (Å²) in [5.41, 5.74) is 1.54. The second kappa shape index (κ2) is 4.80. The van der Waals surface area contributed by atoms with Gasteiger partial charge in [-0.15, -0.1) is 0 Å². The number of rotatable bonds is 3. The Morgan fingerprint density at radius 1 is 1.43 bits per heavy atom. The van der Waals surface area contributed by atoms with E-state index in [-0.39, 0.29) is 5.63 Å². The van der Waals surface area contributed by atoms with E-state index in [1.54, 1.807) is 0 Å². The van der Waals surface area contributed by atoms with E-state index in [0.29, 0.717) is 5.76 Å². The normalized spacial score (nSPS) is 11.8. The van der Waals surface area contributed by atoms with Crippen LogP contribution in [0.1, 0.15) is 38.5 Å². The minimum absolute atomic E-state index is 0.214. The number of hydrogen-bond donors (Lipinski definition) is 0. The van der Waals surface area contributed by atoms with Gasteiger partial charge in [0.25, 0.3) is 0 Å². The third-order valence-corrected chi connectivity index (χ3v) is 2.18. The van der Waals surface area contributed by atoms with Crippen molar-refractivity contribution < 1.29 is 4.42 Å². The third-order valence-electron chi connectivity index (χ3n) is 2.18. The van der Waals surface area contributed by atoms with E-state index in [4.69, 9.17) is 4.42 Å². The molecule has 0 N–H and O–H groups in total. The summed E-state index contributed by atoms with van der Waals surface area (Å²) in [6.07, 6.45) is 3.72. The van der Waals surface area contributed by atoms with Crippen LogP contribution in [0.2, 0.25) is 0 Å². The van der Waals surface area contributed by atoms with Gasteiger partial charge in [0.1, 0.15) is 5.76 Å². The molecule has 0 aliphatic carbocycles. The molecule has 0 bridgehead atoms. The summed E-state index contributed by atoms with van der Waals surface area (Å²) in [7, 11) is 0. The lowest BCUT2D eigenvalue weighted by Gasteiger charge is -2.00. The maximum atomic E-state index is 11.4. The van der Waals surface area contributed by atoms with Crippen molar-refractivity contribution in [2.75, 3.05) is 0 Å². The molecule has 0 saturated carbocycles. The van der Waals surface area contributed by atoms with Crippen molar-refractivity contribution in [3.8, 4) is 0 Å². The van der Waals surface area contributed by atoms with E-state index in [2.05, 4.69) is 6.92 Å². The molecule has 0 aliphatic rings. The highest BCUT2D eigenvalue weighted by Gasteiger charge is 2.02. The fraction of sp³-hybridized carbons (Fsp3) is 0.417. The smallest absolute Gasteiger partial charge is 0.339 e. The van der Waals surface area contributed by atoms with E-state index in [9.17, 15) is 4.79 Å². The van der Waals surface area contributed by atoms with Gasteiger partial charge in [-0.1, -0.05) is 19.9 Å². The molecule has 76 valence electrons. The Morgan fingerprint density at radius 2 is 2.14 bits per heavy atom. The molecule has 0 saturated heterocycles. The Kier molecular flexibility index (Phi) is 3.69. The average molecular weight is 192 g/mol. The first-order valence-electron chi connectivity index (χ1n) is 4.99. The molecule has 1 aromatic rings. The molecule has 2 nitrogen and oxygen atoms in total. The highest BCUT2D eigenvalue weighted by molar-refractivity contribution is 5.58. The van der Waals surface area contributed by atoms with Crippen molar-refractivity contribution in [3.05, 3.63) is 40.0 Å². The summed E-state index contributed by atoms with van der Waals surface area (Å²) < 4.78 is 5.19. The second-order valence-electron chi connectivity index (χ2n) is 3.26. The van der Waals surface area contributed by atoms with E-state index in [0.717, 1.165) is 24.0 Å². The minimum Gasteiger partial charge on any atom is -0.423 e. The molecule has 0 radical (unpaired) electrons. The summed E-state index contributed by atoms with van der Waals surface area (Å²) in [6, 6.07) is 3.70. The zero-order chi connectivity index (χ0) is 10.6. The molecule has 1 heterocycles. The highest BCUT2D eigenvalue weighted by Crippen LogP contribution is 2.12. The van der Waals surface area contributed by atoms with Gasteiger partial charge in [-0.2, -0.15) is 0 Å². The molecule has 0 amide bonds. The Bertz CT molecular complexity index is 386. The van der Waals surface area contributed by atoms with Gasteiger partial charge >= 0.3 is 5.63 Å². The van der Waals surface area contributed by atoms with Crippen molar-refractivity contribution in [2.24, 2.45) is 0 Å². The van der Waals surface area contributed by atoms with Crippen LogP contribution >= 0.6 is 0 Å². The number of aryl methyl sites for hydroxylation is 1. The molecule has 0 unspecified atom stereocenters. The quantitative estimate of drug-likeness (QED) is 0.736. The zero-order valence-electron chi connectivity index (χ0n) is 8.96. The summed E-state index contributed by atoms with van der Waals surface area (Å²) in [6.45, 7) is 5.95. The third kappa shape index (κ3) is 2.34. The van der Waals surface area contributed by atoms with E-state index in [1.165, 1.54) is 0 Å². The molecule has 0 aliphatic heterocycles. The van der Waals surface area contributed by atoms with Crippen molar-refractivity contribution >= 4 is 5.57 Å². The van der Waals surface area contributed by atoms with E-state index in [1.807, 2.05) is 32.1 Å². The fourth-order valence-corrected chi connectivity index (χ4v) is 1.32. The Hall–Kier alpha value is -1.31. The minimum atomic E-state index is -0.214. The summed E-state index contributed by atoms with van der Waals surface area (Å²) in [5, 5.41) is 0. The fourth-order valence-electron chi connectivity index (χ4n) is 1.32. The first-order chi connectivity index (χ1) is 6.69. The van der Waals surface area contributed by atoms with Gasteiger partial charge in [-0.25, -0.2) is 4.79 Å². The molecule has 1 rings (SSSR count). The van der Waals surface area contributed by atoms with Crippen LogP contribution in [0.4, 0.5) is 0 Å². The SMILES string of the molecule is CC/C=C(\C)c1ccc(CC)c(=O)o1. The summed E-state index contributed by atoms with van der Waals surface area (Å²) >= 11 is 0. The molecule has 0 aromatic carbocycles. The zero-order valence-corrected chi connectivity index (χ0v) is 8.96. The molecular formula is C12H16O2. The second-order valence-corrected chi connectivity index (χ2v) is 3.26. The molecule has 2 heteroatoms. The lowest BCUT2D eigenvalue weighted by Crippen LogP contribution is -2.06. The summed E-state index contributed by atoms with van der Waals surface area (Å²) in [4.78, 5) is 11.4. The van der Waals surface area contributed by atoms with Crippen LogP contribution in [-0.2, 0) is 6.42 Å². The van der Waals surface area contributed by atoms with Crippen LogP contribution in [-0.4, -0.2) is 0 Å². The van der Waals surface area contributed by atoms with Gasteiger partial charge in [-0.3, -0.25) is 0 Å². The highest BCUT2D eigenvalue weighted by atomic mass is 16.4. The molecule has 0 atom stereocenters. The topological polar surface area (TPSA) is 30.2 Å². The van der Waals surface area contributed by atoms with Gasteiger partial charge in [0.05, 0.1) is 0 Å². The standard InChI is InChI=1S/C12H16O2/c1-4-6-9(3)11-8-7-10(5-2)12(13)14-11/h6-8H,4-5H2,1-3H3/b9-6+. The van der Waals surface area contributed by atoms with Gasteiger partial charge in [0.15, 0.2) is 0 Å². The van der Waals surface area contributed by atoms with Gasteiger partial charge < -0.3 is 4.42 Å². The maximum Gasteiger partial charge on any atom is 0.339 e. The summed E-state index contributed by atoms with van der Waals surface area (Å²) in [5.74, 6) is 0.675. The molecule has 0 spiro atoms. The Balaban J connectivity index is 3.09. The van der Waals surface area contributed by atoms with Crippen molar-refractivity contribution in [3.63, 3.8) is 0 Å². The monoisotopic (exact) mass is 192 g/mol. The Morgan fingerprint density at radius 3 is 2.64 bits per heavy atom. The lowest BCUT2D eigenvalue weighted by atomic mass is 10.1.